The smallest absolute Gasteiger partial charge is 0.316 e. The van der Waals surface area contributed by atoms with E-state index in [0.717, 1.165) is 0 Å². The van der Waals surface area contributed by atoms with E-state index < -0.39 is 11.9 Å². The van der Waals surface area contributed by atoms with Gasteiger partial charge in [-0.1, -0.05) is 20.8 Å². The molecule has 1 rings (SSSR count). The first-order valence-corrected chi connectivity index (χ1v) is 4.83. The number of amides is 1. The maximum atomic E-state index is 11.2. The molecule has 0 aromatic heterocycles. The highest BCUT2D eigenvalue weighted by atomic mass is 16.4. The Hall–Kier alpha value is -1.06. The molecule has 0 aliphatic carbocycles. The number of carboxylic acids is 1. The van der Waals surface area contributed by atoms with Crippen molar-refractivity contribution in [2.24, 2.45) is 17.3 Å². The second kappa shape index (κ2) is 3.59. The van der Waals surface area contributed by atoms with E-state index in [9.17, 15) is 9.59 Å². The number of rotatable bonds is 1. The van der Waals surface area contributed by atoms with E-state index in [-0.39, 0.29) is 17.2 Å². The van der Waals surface area contributed by atoms with E-state index in [4.69, 9.17) is 5.11 Å². The molecule has 0 unspecified atom stereocenters. The van der Waals surface area contributed by atoms with Gasteiger partial charge in [0.05, 0.1) is 0 Å². The van der Waals surface area contributed by atoms with Crippen LogP contribution in [0.2, 0.25) is 0 Å². The van der Waals surface area contributed by atoms with Crippen molar-refractivity contribution in [3.63, 3.8) is 0 Å². The minimum absolute atomic E-state index is 0.0431. The largest absolute Gasteiger partial charge is 0.481 e. The summed E-state index contributed by atoms with van der Waals surface area (Å²) in [6.07, 6.45) is 0.449. The SMILES string of the molecule is CC(C)(C)[C@@H]1CNC(=O)[C@H](C(=O)O)C1. The number of carboxylic acid groups (broad SMARTS) is 1. The van der Waals surface area contributed by atoms with Gasteiger partial charge in [-0.05, 0) is 17.8 Å². The molecule has 4 heteroatoms. The second-order valence-electron chi connectivity index (χ2n) is 4.93. The highest BCUT2D eigenvalue weighted by molar-refractivity contribution is 5.97. The standard InChI is InChI=1S/C10H17NO3/c1-10(2,3)6-4-7(9(13)14)8(12)11-5-6/h6-7H,4-5H2,1-3H3,(H,11,12)(H,13,14)/t6-,7+/m0/s1. The average molecular weight is 199 g/mol. The number of carbonyl (C=O) groups is 2. The van der Waals surface area contributed by atoms with Crippen LogP contribution < -0.4 is 5.32 Å². The molecule has 0 saturated carbocycles. The Balaban J connectivity index is 2.72. The van der Waals surface area contributed by atoms with Gasteiger partial charge in [0, 0.05) is 6.54 Å². The first-order chi connectivity index (χ1) is 6.32. The molecule has 1 saturated heterocycles. The third-order valence-corrected chi connectivity index (χ3v) is 2.88. The molecule has 0 bridgehead atoms. The number of piperidine rings is 1. The van der Waals surface area contributed by atoms with Crippen molar-refractivity contribution in [2.45, 2.75) is 27.2 Å². The van der Waals surface area contributed by atoms with Gasteiger partial charge < -0.3 is 10.4 Å². The summed E-state index contributed by atoms with van der Waals surface area (Å²) in [5, 5.41) is 11.5. The summed E-state index contributed by atoms with van der Waals surface area (Å²) in [5.74, 6) is -2.00. The van der Waals surface area contributed by atoms with Crippen LogP contribution in [-0.2, 0) is 9.59 Å². The van der Waals surface area contributed by atoms with Gasteiger partial charge in [-0.15, -0.1) is 0 Å². The summed E-state index contributed by atoms with van der Waals surface area (Å²) in [7, 11) is 0. The Morgan fingerprint density at radius 2 is 2.07 bits per heavy atom. The zero-order valence-corrected chi connectivity index (χ0v) is 8.83. The van der Waals surface area contributed by atoms with Gasteiger partial charge >= 0.3 is 5.97 Å². The van der Waals surface area contributed by atoms with E-state index >= 15 is 0 Å². The lowest BCUT2D eigenvalue weighted by Gasteiger charge is -2.36. The Kier molecular flexibility index (Phi) is 2.83. The van der Waals surface area contributed by atoms with Crippen molar-refractivity contribution >= 4 is 11.9 Å². The lowest BCUT2D eigenvalue weighted by molar-refractivity contribution is -0.149. The Bertz CT molecular complexity index is 255. The number of aliphatic carboxylic acids is 1. The number of hydrogen-bond donors (Lipinski definition) is 2. The van der Waals surface area contributed by atoms with E-state index in [1.165, 1.54) is 0 Å². The third-order valence-electron chi connectivity index (χ3n) is 2.88. The number of carbonyl (C=O) groups excluding carboxylic acids is 1. The molecule has 1 aliphatic heterocycles. The fourth-order valence-corrected chi connectivity index (χ4v) is 1.69. The zero-order valence-electron chi connectivity index (χ0n) is 8.83. The molecule has 0 spiro atoms. The molecule has 14 heavy (non-hydrogen) atoms. The zero-order chi connectivity index (χ0) is 10.9. The molecule has 1 amide bonds. The number of hydrogen-bond acceptors (Lipinski definition) is 2. The van der Waals surface area contributed by atoms with E-state index in [1.54, 1.807) is 0 Å². The van der Waals surface area contributed by atoms with Crippen molar-refractivity contribution in [2.75, 3.05) is 6.54 Å². The maximum absolute atomic E-state index is 11.2. The lowest BCUT2D eigenvalue weighted by atomic mass is 9.74. The summed E-state index contributed by atoms with van der Waals surface area (Å²) in [4.78, 5) is 22.0. The van der Waals surface area contributed by atoms with Crippen LogP contribution in [0.25, 0.3) is 0 Å². The quantitative estimate of drug-likeness (QED) is 0.616. The first kappa shape index (κ1) is 11.0. The Labute approximate surface area is 83.7 Å². The first-order valence-electron chi connectivity index (χ1n) is 4.83. The molecule has 1 aliphatic rings. The van der Waals surface area contributed by atoms with E-state index in [1.807, 2.05) is 0 Å². The molecule has 1 heterocycles. The van der Waals surface area contributed by atoms with E-state index in [0.29, 0.717) is 13.0 Å². The van der Waals surface area contributed by atoms with Crippen LogP contribution in [0.5, 0.6) is 0 Å². The summed E-state index contributed by atoms with van der Waals surface area (Å²) < 4.78 is 0. The summed E-state index contributed by atoms with van der Waals surface area (Å²) in [6, 6.07) is 0. The number of nitrogens with one attached hydrogen (secondary N) is 1. The molecule has 0 aromatic carbocycles. The molecule has 0 radical (unpaired) electrons. The topological polar surface area (TPSA) is 66.4 Å². The molecule has 4 nitrogen and oxygen atoms in total. The molecule has 0 aromatic rings. The van der Waals surface area contributed by atoms with Crippen LogP contribution in [-0.4, -0.2) is 23.5 Å². The molecule has 1 fully saturated rings. The Morgan fingerprint density at radius 3 is 2.50 bits per heavy atom. The molecular formula is C10H17NO3. The van der Waals surface area contributed by atoms with Gasteiger partial charge in [-0.2, -0.15) is 0 Å². The van der Waals surface area contributed by atoms with Gasteiger partial charge in [0.15, 0.2) is 0 Å². The predicted molar refractivity (Wildman–Crippen MR) is 51.7 cm³/mol. The van der Waals surface area contributed by atoms with Crippen molar-refractivity contribution in [1.29, 1.82) is 0 Å². The van der Waals surface area contributed by atoms with Crippen molar-refractivity contribution in [3.05, 3.63) is 0 Å². The fourth-order valence-electron chi connectivity index (χ4n) is 1.69. The maximum Gasteiger partial charge on any atom is 0.316 e. The van der Waals surface area contributed by atoms with Gasteiger partial charge in [-0.3, -0.25) is 9.59 Å². The normalized spacial score (nSPS) is 28.4. The van der Waals surface area contributed by atoms with Crippen molar-refractivity contribution < 1.29 is 14.7 Å². The Morgan fingerprint density at radius 1 is 1.50 bits per heavy atom. The van der Waals surface area contributed by atoms with Crippen LogP contribution in [0.4, 0.5) is 0 Å². The highest BCUT2D eigenvalue weighted by Crippen LogP contribution is 2.33. The van der Waals surface area contributed by atoms with Crippen molar-refractivity contribution in [1.82, 2.24) is 5.32 Å². The lowest BCUT2D eigenvalue weighted by Crippen LogP contribution is -2.48. The predicted octanol–water partition coefficient (Wildman–Crippen LogP) is 0.869. The summed E-state index contributed by atoms with van der Waals surface area (Å²) in [5.41, 5.74) is 0.0431. The molecule has 2 atom stereocenters. The molecule has 80 valence electrons. The second-order valence-corrected chi connectivity index (χ2v) is 4.93. The van der Waals surface area contributed by atoms with Crippen LogP contribution in [0.1, 0.15) is 27.2 Å². The fraction of sp³-hybridized carbons (Fsp3) is 0.800. The van der Waals surface area contributed by atoms with Gasteiger partial charge in [0.2, 0.25) is 5.91 Å². The van der Waals surface area contributed by atoms with Crippen molar-refractivity contribution in [3.8, 4) is 0 Å². The minimum atomic E-state index is -1.02. The minimum Gasteiger partial charge on any atom is -0.481 e. The van der Waals surface area contributed by atoms with Crippen LogP contribution in [0.3, 0.4) is 0 Å². The van der Waals surface area contributed by atoms with Gasteiger partial charge in [0.1, 0.15) is 5.92 Å². The van der Waals surface area contributed by atoms with Gasteiger partial charge in [0.25, 0.3) is 0 Å². The average Bonchev–Trinajstić information content (AvgIpc) is 2.02. The molecular weight excluding hydrogens is 182 g/mol. The highest BCUT2D eigenvalue weighted by Gasteiger charge is 2.38. The van der Waals surface area contributed by atoms with E-state index in [2.05, 4.69) is 26.1 Å². The van der Waals surface area contributed by atoms with Crippen LogP contribution in [0, 0.1) is 17.3 Å². The van der Waals surface area contributed by atoms with Gasteiger partial charge in [-0.25, -0.2) is 0 Å². The summed E-state index contributed by atoms with van der Waals surface area (Å²) in [6.45, 7) is 6.78. The van der Waals surface area contributed by atoms with Crippen LogP contribution >= 0.6 is 0 Å². The monoisotopic (exact) mass is 199 g/mol. The molecule has 2 N–H and O–H groups in total. The third kappa shape index (κ3) is 2.25. The van der Waals surface area contributed by atoms with Crippen LogP contribution in [0.15, 0.2) is 0 Å². The summed E-state index contributed by atoms with van der Waals surface area (Å²) >= 11 is 0.